The second kappa shape index (κ2) is 1.95. The number of phenols is 1. The standard InChI is InChI=1S/C7H7N3O/c1-10-7-4-5(11)2-3-6(7)8-9-10/h2-4,11H,1H3. The molecule has 0 bridgehead atoms. The zero-order valence-corrected chi connectivity index (χ0v) is 6.02. The van der Waals surface area contributed by atoms with E-state index < -0.39 is 0 Å². The van der Waals surface area contributed by atoms with E-state index >= 15 is 0 Å². The molecule has 0 radical (unpaired) electrons. The number of fused-ring (bicyclic) bond motifs is 1. The minimum atomic E-state index is 0.239. The molecule has 0 saturated heterocycles. The van der Waals surface area contributed by atoms with E-state index in [2.05, 4.69) is 10.3 Å². The lowest BCUT2D eigenvalue weighted by Gasteiger charge is -1.91. The van der Waals surface area contributed by atoms with Crippen molar-refractivity contribution >= 4 is 11.0 Å². The first kappa shape index (κ1) is 6.15. The summed E-state index contributed by atoms with van der Waals surface area (Å²) < 4.78 is 1.62. The van der Waals surface area contributed by atoms with Gasteiger partial charge in [-0.15, -0.1) is 5.10 Å². The summed E-state index contributed by atoms with van der Waals surface area (Å²) in [4.78, 5) is 0. The first-order chi connectivity index (χ1) is 5.27. The van der Waals surface area contributed by atoms with Gasteiger partial charge >= 0.3 is 0 Å². The van der Waals surface area contributed by atoms with Gasteiger partial charge in [0.1, 0.15) is 11.3 Å². The summed E-state index contributed by atoms with van der Waals surface area (Å²) in [6.07, 6.45) is 0. The van der Waals surface area contributed by atoms with E-state index in [-0.39, 0.29) is 5.75 Å². The van der Waals surface area contributed by atoms with Gasteiger partial charge in [0, 0.05) is 13.1 Å². The van der Waals surface area contributed by atoms with Gasteiger partial charge in [0.15, 0.2) is 0 Å². The number of aromatic nitrogens is 3. The van der Waals surface area contributed by atoms with Crippen LogP contribution in [-0.2, 0) is 7.05 Å². The topological polar surface area (TPSA) is 50.9 Å². The second-order valence-corrected chi connectivity index (χ2v) is 2.39. The molecule has 4 nitrogen and oxygen atoms in total. The molecule has 0 spiro atoms. The fourth-order valence-electron chi connectivity index (χ4n) is 1.02. The third kappa shape index (κ3) is 0.832. The largest absolute Gasteiger partial charge is 0.508 e. The number of nitrogens with zero attached hydrogens (tertiary/aromatic N) is 3. The van der Waals surface area contributed by atoms with Gasteiger partial charge in [-0.1, -0.05) is 5.21 Å². The Hall–Kier alpha value is -1.58. The van der Waals surface area contributed by atoms with Crippen LogP contribution in [0.1, 0.15) is 0 Å². The number of aromatic hydroxyl groups is 1. The molecule has 2 aromatic rings. The van der Waals surface area contributed by atoms with Crippen molar-refractivity contribution in [3.63, 3.8) is 0 Å². The maximum atomic E-state index is 9.10. The summed E-state index contributed by atoms with van der Waals surface area (Å²) in [7, 11) is 1.79. The zero-order valence-electron chi connectivity index (χ0n) is 6.02. The number of rotatable bonds is 0. The Labute approximate surface area is 63.1 Å². The van der Waals surface area contributed by atoms with Crippen molar-refractivity contribution in [3.05, 3.63) is 18.2 Å². The van der Waals surface area contributed by atoms with Gasteiger partial charge in [0.05, 0.1) is 5.52 Å². The number of hydrogen-bond donors (Lipinski definition) is 1. The van der Waals surface area contributed by atoms with E-state index in [1.54, 1.807) is 29.9 Å². The van der Waals surface area contributed by atoms with Crippen molar-refractivity contribution in [3.8, 4) is 5.75 Å². The van der Waals surface area contributed by atoms with Crippen LogP contribution in [0, 0.1) is 0 Å². The lowest BCUT2D eigenvalue weighted by molar-refractivity contribution is 0.476. The minimum Gasteiger partial charge on any atom is -0.508 e. The van der Waals surface area contributed by atoms with Gasteiger partial charge in [-0.05, 0) is 12.1 Å². The van der Waals surface area contributed by atoms with E-state index in [1.807, 2.05) is 0 Å². The normalized spacial score (nSPS) is 10.6. The molecular weight excluding hydrogens is 142 g/mol. The predicted molar refractivity (Wildman–Crippen MR) is 40.2 cm³/mol. The van der Waals surface area contributed by atoms with Crippen LogP contribution in [0.2, 0.25) is 0 Å². The van der Waals surface area contributed by atoms with Crippen LogP contribution >= 0.6 is 0 Å². The van der Waals surface area contributed by atoms with Crippen molar-refractivity contribution in [2.24, 2.45) is 7.05 Å². The smallest absolute Gasteiger partial charge is 0.117 e. The van der Waals surface area contributed by atoms with Gasteiger partial charge in [-0.3, -0.25) is 0 Å². The summed E-state index contributed by atoms with van der Waals surface area (Å²) in [5.74, 6) is 0.239. The molecule has 0 amide bonds. The van der Waals surface area contributed by atoms with E-state index in [1.165, 1.54) is 0 Å². The lowest BCUT2D eigenvalue weighted by Crippen LogP contribution is -1.88. The average molecular weight is 149 g/mol. The molecule has 1 heterocycles. The Morgan fingerprint density at radius 3 is 3.09 bits per heavy atom. The number of aryl methyl sites for hydroxylation is 1. The third-order valence-corrected chi connectivity index (χ3v) is 1.59. The summed E-state index contributed by atoms with van der Waals surface area (Å²) >= 11 is 0. The van der Waals surface area contributed by atoms with E-state index in [0.29, 0.717) is 0 Å². The summed E-state index contributed by atoms with van der Waals surface area (Å²) in [6, 6.07) is 4.96. The monoisotopic (exact) mass is 149 g/mol. The number of phenolic OH excluding ortho intramolecular Hbond substituents is 1. The molecule has 1 aromatic carbocycles. The molecule has 0 fully saturated rings. The molecule has 56 valence electrons. The average Bonchev–Trinajstić information content (AvgIpc) is 2.33. The molecule has 4 heteroatoms. The van der Waals surface area contributed by atoms with Crippen LogP contribution in [0.3, 0.4) is 0 Å². The molecule has 0 unspecified atom stereocenters. The molecule has 0 aliphatic carbocycles. The summed E-state index contributed by atoms with van der Waals surface area (Å²) in [5.41, 5.74) is 1.63. The molecule has 0 aliphatic rings. The van der Waals surface area contributed by atoms with E-state index in [4.69, 9.17) is 5.11 Å². The van der Waals surface area contributed by atoms with E-state index in [0.717, 1.165) is 11.0 Å². The van der Waals surface area contributed by atoms with Crippen LogP contribution in [-0.4, -0.2) is 20.1 Å². The van der Waals surface area contributed by atoms with Gasteiger partial charge < -0.3 is 5.11 Å². The summed E-state index contributed by atoms with van der Waals surface area (Å²) in [5, 5.41) is 16.8. The van der Waals surface area contributed by atoms with Gasteiger partial charge in [0.25, 0.3) is 0 Å². The number of hydrogen-bond acceptors (Lipinski definition) is 3. The Kier molecular flexibility index (Phi) is 1.09. The Morgan fingerprint density at radius 2 is 2.27 bits per heavy atom. The van der Waals surface area contributed by atoms with Crippen LogP contribution in [0.25, 0.3) is 11.0 Å². The maximum absolute atomic E-state index is 9.10. The molecule has 2 rings (SSSR count). The second-order valence-electron chi connectivity index (χ2n) is 2.39. The molecule has 11 heavy (non-hydrogen) atoms. The zero-order chi connectivity index (χ0) is 7.84. The predicted octanol–water partition coefficient (Wildman–Crippen LogP) is 0.674. The number of benzene rings is 1. The Balaban J connectivity index is 2.87. The minimum absolute atomic E-state index is 0.239. The van der Waals surface area contributed by atoms with Crippen molar-refractivity contribution < 1.29 is 5.11 Å². The summed E-state index contributed by atoms with van der Waals surface area (Å²) in [6.45, 7) is 0. The van der Waals surface area contributed by atoms with Crippen molar-refractivity contribution in [2.75, 3.05) is 0 Å². The van der Waals surface area contributed by atoms with Crippen LogP contribution in [0.5, 0.6) is 5.75 Å². The Morgan fingerprint density at radius 1 is 1.45 bits per heavy atom. The fourth-order valence-corrected chi connectivity index (χ4v) is 1.02. The highest BCUT2D eigenvalue weighted by Crippen LogP contribution is 2.16. The van der Waals surface area contributed by atoms with Crippen molar-refractivity contribution in [1.29, 1.82) is 0 Å². The molecule has 0 aliphatic heterocycles. The van der Waals surface area contributed by atoms with Crippen LogP contribution < -0.4 is 0 Å². The first-order valence-corrected chi connectivity index (χ1v) is 3.26. The highest BCUT2D eigenvalue weighted by Gasteiger charge is 1.99. The maximum Gasteiger partial charge on any atom is 0.117 e. The molecule has 0 saturated carbocycles. The highest BCUT2D eigenvalue weighted by molar-refractivity contribution is 5.75. The van der Waals surface area contributed by atoms with Gasteiger partial charge in [0.2, 0.25) is 0 Å². The van der Waals surface area contributed by atoms with Crippen LogP contribution in [0.4, 0.5) is 0 Å². The fraction of sp³-hybridized carbons (Fsp3) is 0.143. The molecule has 1 aromatic heterocycles. The molecule has 0 atom stereocenters. The van der Waals surface area contributed by atoms with Gasteiger partial charge in [-0.25, -0.2) is 4.68 Å². The van der Waals surface area contributed by atoms with Crippen molar-refractivity contribution in [2.45, 2.75) is 0 Å². The Bertz CT molecular complexity index is 393. The van der Waals surface area contributed by atoms with Crippen LogP contribution in [0.15, 0.2) is 18.2 Å². The molecule has 1 N–H and O–H groups in total. The quantitative estimate of drug-likeness (QED) is 0.599. The lowest BCUT2D eigenvalue weighted by atomic mass is 10.3. The SMILES string of the molecule is Cn1nnc2ccc(O)cc21. The highest BCUT2D eigenvalue weighted by atomic mass is 16.3. The van der Waals surface area contributed by atoms with Gasteiger partial charge in [-0.2, -0.15) is 0 Å². The van der Waals surface area contributed by atoms with Crippen molar-refractivity contribution in [1.82, 2.24) is 15.0 Å². The van der Waals surface area contributed by atoms with E-state index in [9.17, 15) is 0 Å². The molecular formula is C7H7N3O. The first-order valence-electron chi connectivity index (χ1n) is 3.26. The third-order valence-electron chi connectivity index (χ3n) is 1.59.